The maximum Gasteiger partial charge on any atom is 0.141 e. The highest BCUT2D eigenvalue weighted by molar-refractivity contribution is 5.88. The van der Waals surface area contributed by atoms with E-state index < -0.39 is 0 Å². The zero-order valence-electron chi connectivity index (χ0n) is 8.18. The summed E-state index contributed by atoms with van der Waals surface area (Å²) in [6.07, 6.45) is 1.06. The number of nitrogens with zero attached hydrogens (tertiary/aromatic N) is 2. The fraction of sp³-hybridized carbons (Fsp3) is 0. The van der Waals surface area contributed by atoms with Gasteiger partial charge in [0.1, 0.15) is 11.3 Å². The lowest BCUT2D eigenvalue weighted by molar-refractivity contribution is 0.321. The van der Waals surface area contributed by atoms with Gasteiger partial charge in [0.05, 0.1) is 13.3 Å². The topological polar surface area (TPSA) is 65.7 Å². The van der Waals surface area contributed by atoms with Gasteiger partial charge in [-0.1, -0.05) is 23.4 Å². The monoisotopic (exact) mass is 189 g/mol. The number of fused-ring (bicyclic) bond motifs is 1. The molecule has 0 saturated carbocycles. The molecule has 0 spiro atoms. The normalized spacial score (nSPS) is 12.1. The Morgan fingerprint density at radius 1 is 1.43 bits per heavy atom. The van der Waals surface area contributed by atoms with Crippen LogP contribution >= 0.6 is 0 Å². The molecule has 0 aliphatic heterocycles. The summed E-state index contributed by atoms with van der Waals surface area (Å²) >= 11 is 0. The van der Waals surface area contributed by atoms with Crippen LogP contribution in [-0.4, -0.2) is 21.5 Å². The molecule has 0 aliphatic carbocycles. The molecule has 1 heterocycles. The van der Waals surface area contributed by atoms with E-state index in [2.05, 4.69) is 10.1 Å². The van der Waals surface area contributed by atoms with Crippen LogP contribution < -0.4 is 0 Å². The minimum atomic E-state index is 0.0417. The van der Waals surface area contributed by atoms with E-state index in [9.17, 15) is 5.11 Å². The number of aromatic nitrogens is 1. The Morgan fingerprint density at radius 2 is 2.29 bits per heavy atom. The van der Waals surface area contributed by atoms with E-state index in [1.807, 2.05) is 0 Å². The molecule has 4 nitrogen and oxygen atoms in total. The smallest absolute Gasteiger partial charge is 0.141 e. The fourth-order valence-electron chi connectivity index (χ4n) is 1.21. The fourth-order valence-corrected chi connectivity index (χ4v) is 1.21. The zero-order valence-corrected chi connectivity index (χ0v) is 7.18. The van der Waals surface area contributed by atoms with Crippen LogP contribution in [0.2, 0.25) is 0 Å². The summed E-state index contributed by atoms with van der Waals surface area (Å²) in [6, 6.07) is 6.64. The first-order chi connectivity index (χ1) is 7.22. The molecule has 14 heavy (non-hydrogen) atoms. The van der Waals surface area contributed by atoms with E-state index in [1.54, 1.807) is 18.2 Å². The molecule has 2 aromatic rings. The van der Waals surface area contributed by atoms with Crippen molar-refractivity contribution in [1.29, 1.82) is 0 Å². The molecule has 0 bridgehead atoms. The van der Waals surface area contributed by atoms with Crippen molar-refractivity contribution in [3.63, 3.8) is 0 Å². The van der Waals surface area contributed by atoms with Crippen molar-refractivity contribution >= 4 is 17.1 Å². The maximum absolute atomic E-state index is 9.52. The second-order valence-electron chi connectivity index (χ2n) is 2.75. The number of hydrogen-bond donors (Lipinski definition) is 2. The van der Waals surface area contributed by atoms with Crippen molar-refractivity contribution in [2.24, 2.45) is 5.16 Å². The number of oxime groups is 1. The van der Waals surface area contributed by atoms with Crippen molar-refractivity contribution in [2.45, 2.75) is 0 Å². The largest absolute Gasteiger partial charge is 0.506 e. The molecule has 70 valence electrons. The van der Waals surface area contributed by atoms with E-state index in [0.29, 0.717) is 10.9 Å². The van der Waals surface area contributed by atoms with Crippen LogP contribution in [0.25, 0.3) is 10.9 Å². The molecule has 1 aromatic carbocycles. The van der Waals surface area contributed by atoms with Crippen LogP contribution in [0.4, 0.5) is 0 Å². The number of phenolic OH excluding ortho intramolecular Hbond substituents is 1. The summed E-state index contributed by atoms with van der Waals surface area (Å²) in [7, 11) is 0. The first-order valence-corrected chi connectivity index (χ1v) is 3.99. The molecule has 0 amide bonds. The van der Waals surface area contributed by atoms with E-state index in [4.69, 9.17) is 6.58 Å². The Balaban J connectivity index is 2.77. The first kappa shape index (κ1) is 7.32. The van der Waals surface area contributed by atoms with Gasteiger partial charge >= 0.3 is 0 Å². The van der Waals surface area contributed by atoms with E-state index in [-0.39, 0.29) is 17.5 Å². The van der Waals surface area contributed by atoms with Gasteiger partial charge < -0.3 is 10.3 Å². The minimum absolute atomic E-state index is 0.0417. The highest BCUT2D eigenvalue weighted by Crippen LogP contribution is 2.21. The summed E-state index contributed by atoms with van der Waals surface area (Å²) in [5.74, 6) is 0.0417. The number of hydrogen-bond acceptors (Lipinski definition) is 4. The third-order valence-corrected chi connectivity index (χ3v) is 1.83. The van der Waals surface area contributed by atoms with Crippen LogP contribution in [0.3, 0.4) is 0 Å². The molecular weight excluding hydrogens is 180 g/mol. The van der Waals surface area contributed by atoms with Crippen LogP contribution in [-0.2, 0) is 0 Å². The SMILES string of the molecule is [2H]c1cc2cccc(O)c2nc1C=NO. The molecule has 0 atom stereocenters. The molecule has 0 radical (unpaired) electrons. The summed E-state index contributed by atoms with van der Waals surface area (Å²) in [6.45, 7) is 0. The molecule has 2 rings (SSSR count). The third-order valence-electron chi connectivity index (χ3n) is 1.83. The molecule has 1 aromatic heterocycles. The average molecular weight is 189 g/mol. The standard InChI is InChI=1S/C10H8N2O2/c13-9-3-1-2-7-4-5-8(6-11-14)12-10(7)9/h1-6,13-14H/i5D. The lowest BCUT2D eigenvalue weighted by Gasteiger charge is -1.99. The molecule has 0 aliphatic rings. The predicted molar refractivity (Wildman–Crippen MR) is 52.8 cm³/mol. The van der Waals surface area contributed by atoms with Crippen molar-refractivity contribution in [1.82, 2.24) is 4.98 Å². The number of benzene rings is 1. The minimum Gasteiger partial charge on any atom is -0.506 e. The first-order valence-electron chi connectivity index (χ1n) is 4.49. The summed E-state index contributed by atoms with van der Waals surface area (Å²) in [4.78, 5) is 4.02. The molecule has 4 heteroatoms. The Hall–Kier alpha value is -2.10. The van der Waals surface area contributed by atoms with Crippen molar-refractivity contribution < 1.29 is 11.7 Å². The second kappa shape index (κ2) is 3.33. The van der Waals surface area contributed by atoms with Gasteiger partial charge in [0.25, 0.3) is 0 Å². The van der Waals surface area contributed by atoms with Crippen LogP contribution in [0.1, 0.15) is 7.06 Å². The Kier molecular flexibility index (Phi) is 1.74. The van der Waals surface area contributed by atoms with Gasteiger partial charge in [-0.3, -0.25) is 0 Å². The van der Waals surface area contributed by atoms with Crippen LogP contribution in [0.15, 0.2) is 35.5 Å². The quantitative estimate of drug-likeness (QED) is 0.408. The van der Waals surface area contributed by atoms with Crippen LogP contribution in [0, 0.1) is 0 Å². The molecule has 2 N–H and O–H groups in total. The van der Waals surface area contributed by atoms with Crippen LogP contribution in [0.5, 0.6) is 5.75 Å². The van der Waals surface area contributed by atoms with Gasteiger partial charge in [-0.2, -0.15) is 0 Å². The average Bonchev–Trinajstić information content (AvgIpc) is 2.21. The highest BCUT2D eigenvalue weighted by atomic mass is 16.4. The number of para-hydroxylation sites is 1. The Labute approximate surface area is 81.5 Å². The Bertz CT molecular complexity index is 540. The molecule has 0 saturated heterocycles. The van der Waals surface area contributed by atoms with Gasteiger partial charge in [0.15, 0.2) is 0 Å². The predicted octanol–water partition coefficient (Wildman–Crippen LogP) is 1.75. The van der Waals surface area contributed by atoms with Crippen molar-refractivity contribution in [3.8, 4) is 5.75 Å². The van der Waals surface area contributed by atoms with E-state index >= 15 is 0 Å². The molecule has 0 unspecified atom stereocenters. The van der Waals surface area contributed by atoms with Gasteiger partial charge in [0.2, 0.25) is 0 Å². The van der Waals surface area contributed by atoms with Crippen molar-refractivity contribution in [2.75, 3.05) is 0 Å². The second-order valence-corrected chi connectivity index (χ2v) is 2.75. The lowest BCUT2D eigenvalue weighted by atomic mass is 10.2. The number of aromatic hydroxyl groups is 1. The maximum atomic E-state index is 9.52. The van der Waals surface area contributed by atoms with E-state index in [1.165, 1.54) is 6.07 Å². The van der Waals surface area contributed by atoms with E-state index in [0.717, 1.165) is 6.21 Å². The number of pyridine rings is 1. The van der Waals surface area contributed by atoms with Gasteiger partial charge in [0, 0.05) is 5.39 Å². The van der Waals surface area contributed by atoms with Crippen molar-refractivity contribution in [3.05, 3.63) is 36.0 Å². The van der Waals surface area contributed by atoms with Gasteiger partial charge in [-0.05, 0) is 12.1 Å². The Morgan fingerprint density at radius 3 is 3.07 bits per heavy atom. The molecule has 0 fully saturated rings. The third kappa shape index (κ3) is 1.37. The number of rotatable bonds is 1. The highest BCUT2D eigenvalue weighted by Gasteiger charge is 2.00. The van der Waals surface area contributed by atoms with Gasteiger partial charge in [-0.15, -0.1) is 0 Å². The zero-order chi connectivity index (χ0) is 10.8. The summed E-state index contributed by atoms with van der Waals surface area (Å²) < 4.78 is 7.58. The summed E-state index contributed by atoms with van der Waals surface area (Å²) in [5, 5.41) is 21.4. The number of phenols is 1. The summed E-state index contributed by atoms with van der Waals surface area (Å²) in [5.41, 5.74) is 0.606. The molecular formula is C10H8N2O2. The lowest BCUT2D eigenvalue weighted by Crippen LogP contribution is -1.88. The van der Waals surface area contributed by atoms with Gasteiger partial charge in [-0.25, -0.2) is 4.98 Å².